The molecule has 0 amide bonds. The van der Waals surface area contributed by atoms with Crippen molar-refractivity contribution in [3.05, 3.63) is 11.6 Å². The molecule has 0 unspecified atom stereocenters. The Labute approximate surface area is 113 Å². The predicted molar refractivity (Wildman–Crippen MR) is 70.8 cm³/mol. The number of aryl methyl sites for hydroxylation is 1. The molecule has 0 fully saturated rings. The van der Waals surface area contributed by atoms with Crippen LogP contribution in [0.2, 0.25) is 0 Å². The van der Waals surface area contributed by atoms with Crippen molar-refractivity contribution in [2.75, 3.05) is 6.54 Å². The Bertz CT molecular complexity index is 467. The molecule has 1 N–H and O–H groups in total. The summed E-state index contributed by atoms with van der Waals surface area (Å²) in [6.45, 7) is 7.57. The van der Waals surface area contributed by atoms with Crippen molar-refractivity contribution in [3.8, 4) is 0 Å². The molecule has 0 bridgehead atoms. The summed E-state index contributed by atoms with van der Waals surface area (Å²) in [6.07, 6.45) is 3.28. The van der Waals surface area contributed by atoms with Crippen molar-refractivity contribution in [3.63, 3.8) is 0 Å². The van der Waals surface area contributed by atoms with Gasteiger partial charge in [0.1, 0.15) is 17.2 Å². The van der Waals surface area contributed by atoms with Crippen LogP contribution in [0.3, 0.4) is 0 Å². The summed E-state index contributed by atoms with van der Waals surface area (Å²) in [7, 11) is 0. The smallest absolute Gasteiger partial charge is 0.323 e. The number of hydrogen-bond acceptors (Lipinski definition) is 4. The molecule has 19 heavy (non-hydrogen) atoms. The van der Waals surface area contributed by atoms with E-state index in [1.807, 2.05) is 11.8 Å². The molecular weight excluding hydrogens is 244 g/mol. The standard InChI is InChI=1S/C13H22N4O2/c1-4-16(13(2,3)12(18)19)9-11-15-14-10-7-5-6-8-17(10)11/h4-9H2,1-3H3,(H,18,19). The first-order valence-corrected chi connectivity index (χ1v) is 6.86. The zero-order chi connectivity index (χ0) is 14.0. The van der Waals surface area contributed by atoms with E-state index in [1.54, 1.807) is 13.8 Å². The van der Waals surface area contributed by atoms with Crippen LogP contribution in [-0.2, 0) is 24.3 Å². The molecule has 1 aromatic rings. The van der Waals surface area contributed by atoms with E-state index in [-0.39, 0.29) is 0 Å². The lowest BCUT2D eigenvalue weighted by Gasteiger charge is -2.33. The SMILES string of the molecule is CCN(Cc1nnc2n1CCCC2)C(C)(C)C(=O)O. The summed E-state index contributed by atoms with van der Waals surface area (Å²) in [4.78, 5) is 13.3. The van der Waals surface area contributed by atoms with Gasteiger partial charge in [-0.2, -0.15) is 0 Å². The van der Waals surface area contributed by atoms with Gasteiger partial charge >= 0.3 is 5.97 Å². The first-order chi connectivity index (χ1) is 8.96. The van der Waals surface area contributed by atoms with Crippen LogP contribution < -0.4 is 0 Å². The van der Waals surface area contributed by atoms with E-state index in [0.717, 1.165) is 37.5 Å². The van der Waals surface area contributed by atoms with Gasteiger partial charge in [-0.3, -0.25) is 9.69 Å². The normalized spacial score (nSPS) is 15.6. The van der Waals surface area contributed by atoms with E-state index in [9.17, 15) is 9.90 Å². The third-order valence-electron chi connectivity index (χ3n) is 3.96. The molecule has 0 aliphatic carbocycles. The fourth-order valence-corrected chi connectivity index (χ4v) is 2.50. The number of fused-ring (bicyclic) bond motifs is 1. The lowest BCUT2D eigenvalue weighted by molar-refractivity contribution is -0.149. The maximum absolute atomic E-state index is 11.4. The second kappa shape index (κ2) is 5.28. The molecule has 6 heteroatoms. The Morgan fingerprint density at radius 2 is 2.16 bits per heavy atom. The van der Waals surface area contributed by atoms with Crippen molar-refractivity contribution in [2.45, 2.75) is 58.7 Å². The second-order valence-corrected chi connectivity index (χ2v) is 5.52. The van der Waals surface area contributed by atoms with Crippen LogP contribution >= 0.6 is 0 Å². The molecule has 0 spiro atoms. The van der Waals surface area contributed by atoms with E-state index in [0.29, 0.717) is 13.1 Å². The summed E-state index contributed by atoms with van der Waals surface area (Å²) in [5, 5.41) is 17.8. The van der Waals surface area contributed by atoms with Gasteiger partial charge in [-0.25, -0.2) is 0 Å². The highest BCUT2D eigenvalue weighted by atomic mass is 16.4. The average Bonchev–Trinajstić information content (AvgIpc) is 2.78. The predicted octanol–water partition coefficient (Wildman–Crippen LogP) is 1.30. The van der Waals surface area contributed by atoms with Crippen molar-refractivity contribution in [1.29, 1.82) is 0 Å². The first kappa shape index (κ1) is 14.0. The van der Waals surface area contributed by atoms with Crippen LogP contribution in [0.5, 0.6) is 0 Å². The van der Waals surface area contributed by atoms with Gasteiger partial charge in [0.15, 0.2) is 0 Å². The minimum Gasteiger partial charge on any atom is -0.480 e. The van der Waals surface area contributed by atoms with Gasteiger partial charge < -0.3 is 9.67 Å². The van der Waals surface area contributed by atoms with Gasteiger partial charge in [0, 0.05) is 13.0 Å². The lowest BCUT2D eigenvalue weighted by atomic mass is 10.0. The Kier molecular flexibility index (Phi) is 3.89. The highest BCUT2D eigenvalue weighted by molar-refractivity contribution is 5.77. The zero-order valence-corrected chi connectivity index (χ0v) is 11.9. The molecule has 1 aromatic heterocycles. The van der Waals surface area contributed by atoms with Crippen LogP contribution in [0.1, 0.15) is 45.3 Å². The minimum absolute atomic E-state index is 0.531. The van der Waals surface area contributed by atoms with E-state index >= 15 is 0 Å². The highest BCUT2D eigenvalue weighted by Gasteiger charge is 2.34. The van der Waals surface area contributed by atoms with Gasteiger partial charge in [0.2, 0.25) is 0 Å². The van der Waals surface area contributed by atoms with E-state index in [2.05, 4.69) is 14.8 Å². The fourth-order valence-electron chi connectivity index (χ4n) is 2.50. The van der Waals surface area contributed by atoms with E-state index in [1.165, 1.54) is 0 Å². The molecule has 106 valence electrons. The Morgan fingerprint density at radius 1 is 1.42 bits per heavy atom. The summed E-state index contributed by atoms with van der Waals surface area (Å²) in [5.41, 5.74) is -0.893. The molecule has 6 nitrogen and oxygen atoms in total. The Morgan fingerprint density at radius 3 is 2.79 bits per heavy atom. The third-order valence-corrected chi connectivity index (χ3v) is 3.96. The second-order valence-electron chi connectivity index (χ2n) is 5.52. The van der Waals surface area contributed by atoms with Crippen LogP contribution in [-0.4, -0.2) is 42.8 Å². The topological polar surface area (TPSA) is 71.2 Å². The fraction of sp³-hybridized carbons (Fsp3) is 0.769. The Balaban J connectivity index is 2.19. The summed E-state index contributed by atoms with van der Waals surface area (Å²) in [5.74, 6) is 1.10. The van der Waals surface area contributed by atoms with Gasteiger partial charge in [-0.05, 0) is 33.2 Å². The van der Waals surface area contributed by atoms with Crippen LogP contribution in [0.4, 0.5) is 0 Å². The van der Waals surface area contributed by atoms with Gasteiger partial charge in [-0.1, -0.05) is 6.92 Å². The quantitative estimate of drug-likeness (QED) is 0.869. The Hall–Kier alpha value is -1.43. The van der Waals surface area contributed by atoms with E-state index in [4.69, 9.17) is 0 Å². The number of likely N-dealkylation sites (N-methyl/N-ethyl adjacent to an activating group) is 1. The zero-order valence-electron chi connectivity index (χ0n) is 11.9. The highest BCUT2D eigenvalue weighted by Crippen LogP contribution is 2.20. The van der Waals surface area contributed by atoms with Crippen LogP contribution in [0.25, 0.3) is 0 Å². The monoisotopic (exact) mass is 266 g/mol. The minimum atomic E-state index is -0.893. The maximum atomic E-state index is 11.4. The summed E-state index contributed by atoms with van der Waals surface area (Å²) >= 11 is 0. The molecule has 2 heterocycles. The average molecular weight is 266 g/mol. The van der Waals surface area contributed by atoms with Crippen LogP contribution in [0, 0.1) is 0 Å². The molecule has 1 aliphatic rings. The number of carbonyl (C=O) groups is 1. The number of nitrogens with zero attached hydrogens (tertiary/aromatic N) is 4. The molecule has 2 rings (SSSR count). The largest absolute Gasteiger partial charge is 0.480 e. The van der Waals surface area contributed by atoms with Crippen molar-refractivity contribution >= 4 is 5.97 Å². The lowest BCUT2D eigenvalue weighted by Crippen LogP contribution is -2.49. The molecule has 0 saturated carbocycles. The maximum Gasteiger partial charge on any atom is 0.323 e. The van der Waals surface area contributed by atoms with Gasteiger partial charge in [0.25, 0.3) is 0 Å². The van der Waals surface area contributed by atoms with Crippen molar-refractivity contribution in [1.82, 2.24) is 19.7 Å². The number of carboxylic acid groups (broad SMARTS) is 1. The van der Waals surface area contributed by atoms with Crippen molar-refractivity contribution in [2.24, 2.45) is 0 Å². The molecular formula is C13H22N4O2. The number of aromatic nitrogens is 3. The first-order valence-electron chi connectivity index (χ1n) is 6.86. The third kappa shape index (κ3) is 2.63. The molecule has 0 saturated heterocycles. The van der Waals surface area contributed by atoms with E-state index < -0.39 is 11.5 Å². The number of rotatable bonds is 5. The number of aliphatic carboxylic acids is 1. The summed E-state index contributed by atoms with van der Waals surface area (Å²) in [6, 6.07) is 0. The molecule has 1 aliphatic heterocycles. The molecule has 0 aromatic carbocycles. The molecule has 0 atom stereocenters. The van der Waals surface area contributed by atoms with Crippen LogP contribution in [0.15, 0.2) is 0 Å². The van der Waals surface area contributed by atoms with Crippen molar-refractivity contribution < 1.29 is 9.90 Å². The van der Waals surface area contributed by atoms with Gasteiger partial charge in [0.05, 0.1) is 6.54 Å². The molecule has 0 radical (unpaired) electrons. The number of carboxylic acids is 1. The summed E-state index contributed by atoms with van der Waals surface area (Å²) < 4.78 is 2.14. The van der Waals surface area contributed by atoms with Gasteiger partial charge in [-0.15, -0.1) is 10.2 Å². The number of hydrogen-bond donors (Lipinski definition) is 1.